The van der Waals surface area contributed by atoms with Gasteiger partial charge >= 0.3 is 5.97 Å². The number of aryl methyl sites for hydroxylation is 2. The smallest absolute Gasteiger partial charge is 0.303 e. The minimum Gasteiger partial charge on any atom is -0.491 e. The molecule has 0 spiro atoms. The predicted molar refractivity (Wildman–Crippen MR) is 153 cm³/mol. The van der Waals surface area contributed by atoms with Crippen LogP contribution >= 0.6 is 0 Å². The van der Waals surface area contributed by atoms with Crippen LogP contribution in [0.25, 0.3) is 11.1 Å². The maximum absolute atomic E-state index is 10.7. The van der Waals surface area contributed by atoms with E-state index >= 15 is 0 Å². The van der Waals surface area contributed by atoms with Crippen molar-refractivity contribution in [3.63, 3.8) is 0 Å². The molecule has 5 nitrogen and oxygen atoms in total. The Labute approximate surface area is 227 Å². The van der Waals surface area contributed by atoms with E-state index in [1.165, 1.54) is 22.3 Å². The number of rotatable bonds is 12. The molecule has 0 aromatic heterocycles. The second kappa shape index (κ2) is 12.1. The molecule has 38 heavy (non-hydrogen) atoms. The van der Waals surface area contributed by atoms with Crippen LogP contribution in [0.4, 0.5) is 0 Å². The number of aliphatic hydroxyl groups excluding tert-OH is 1. The molecule has 3 aromatic rings. The Bertz CT molecular complexity index is 1230. The molecule has 0 saturated carbocycles. The number of carbonyl (C=O) groups is 1. The lowest BCUT2D eigenvalue weighted by molar-refractivity contribution is -0.137. The molecule has 0 aliphatic carbocycles. The lowest BCUT2D eigenvalue weighted by Crippen LogP contribution is -2.26. The third-order valence-corrected chi connectivity index (χ3v) is 7.74. The van der Waals surface area contributed by atoms with Crippen LogP contribution in [0.15, 0.2) is 60.7 Å². The summed E-state index contributed by atoms with van der Waals surface area (Å²) in [5.41, 5.74) is 6.87. The van der Waals surface area contributed by atoms with Crippen molar-refractivity contribution >= 4 is 5.97 Å². The summed E-state index contributed by atoms with van der Waals surface area (Å²) < 4.78 is 5.83. The number of aliphatic carboxylic acids is 1. The summed E-state index contributed by atoms with van der Waals surface area (Å²) in [4.78, 5) is 10.7. The molecule has 1 atom stereocenters. The van der Waals surface area contributed by atoms with Crippen molar-refractivity contribution in [2.75, 3.05) is 6.61 Å². The maximum atomic E-state index is 10.7. The lowest BCUT2D eigenvalue weighted by atomic mass is 9.69. The van der Waals surface area contributed by atoms with Crippen LogP contribution in [-0.4, -0.2) is 34.0 Å². The van der Waals surface area contributed by atoms with E-state index in [9.17, 15) is 15.0 Å². The second-order valence-electron chi connectivity index (χ2n) is 10.8. The molecular weight excluding hydrogens is 476 g/mol. The molecule has 204 valence electrons. The summed E-state index contributed by atoms with van der Waals surface area (Å²) in [6.07, 6.45) is 1.15. The first kappa shape index (κ1) is 29.4. The average molecular weight is 519 g/mol. The van der Waals surface area contributed by atoms with E-state index in [0.717, 1.165) is 29.5 Å². The fraction of sp³-hybridized carbons (Fsp3) is 0.424. The largest absolute Gasteiger partial charge is 0.491 e. The topological polar surface area (TPSA) is 87.0 Å². The normalized spacial score (nSPS) is 12.8. The summed E-state index contributed by atoms with van der Waals surface area (Å²) in [6, 6.07) is 21.1. The summed E-state index contributed by atoms with van der Waals surface area (Å²) in [5, 5.41) is 29.1. The highest BCUT2D eigenvalue weighted by molar-refractivity contribution is 5.68. The van der Waals surface area contributed by atoms with Crippen LogP contribution < -0.4 is 4.74 Å². The zero-order valence-corrected chi connectivity index (χ0v) is 23.5. The van der Waals surface area contributed by atoms with Crippen LogP contribution in [0, 0.1) is 13.8 Å². The maximum Gasteiger partial charge on any atom is 0.303 e. The molecule has 1 unspecified atom stereocenters. The molecule has 0 heterocycles. The monoisotopic (exact) mass is 518 g/mol. The fourth-order valence-electron chi connectivity index (χ4n) is 5.24. The Morgan fingerprint density at radius 3 is 1.92 bits per heavy atom. The van der Waals surface area contributed by atoms with Gasteiger partial charge in [-0.2, -0.15) is 0 Å². The van der Waals surface area contributed by atoms with Gasteiger partial charge in [0.25, 0.3) is 0 Å². The highest BCUT2D eigenvalue weighted by Gasteiger charge is 2.31. The van der Waals surface area contributed by atoms with Crippen molar-refractivity contribution in [3.05, 3.63) is 88.5 Å². The van der Waals surface area contributed by atoms with Gasteiger partial charge in [-0.05, 0) is 92.0 Å². The van der Waals surface area contributed by atoms with Gasteiger partial charge in [0.15, 0.2) is 0 Å². The lowest BCUT2D eigenvalue weighted by Gasteiger charge is -2.34. The van der Waals surface area contributed by atoms with Gasteiger partial charge in [0.05, 0.1) is 11.7 Å². The van der Waals surface area contributed by atoms with Gasteiger partial charge in [-0.25, -0.2) is 0 Å². The molecule has 0 bridgehead atoms. The highest BCUT2D eigenvalue weighted by Crippen LogP contribution is 2.42. The number of ether oxygens (including phenoxy) is 1. The first-order valence-corrected chi connectivity index (χ1v) is 13.5. The van der Waals surface area contributed by atoms with Gasteiger partial charge < -0.3 is 20.1 Å². The molecule has 0 saturated heterocycles. The van der Waals surface area contributed by atoms with Crippen molar-refractivity contribution in [2.45, 2.75) is 84.3 Å². The Hall–Kier alpha value is -3.15. The van der Waals surface area contributed by atoms with Crippen LogP contribution in [0.3, 0.4) is 0 Å². The molecule has 0 amide bonds. The number of carboxylic acid groups (broad SMARTS) is 1. The molecule has 0 aliphatic heterocycles. The van der Waals surface area contributed by atoms with Gasteiger partial charge in [0.1, 0.15) is 12.4 Å². The van der Waals surface area contributed by atoms with E-state index in [0.29, 0.717) is 5.75 Å². The SMILES string of the molecule is CCC(CC)(c1ccc(OCC(O)CCC(=O)O)c(C)c1)c1ccc(-c2ccc(C(C)(C)O)cc2)c(C)c1. The summed E-state index contributed by atoms with van der Waals surface area (Å²) >= 11 is 0. The molecule has 3 N–H and O–H groups in total. The zero-order valence-electron chi connectivity index (χ0n) is 23.5. The van der Waals surface area contributed by atoms with Crippen LogP contribution in [0.5, 0.6) is 5.75 Å². The molecule has 5 heteroatoms. The summed E-state index contributed by atoms with van der Waals surface area (Å²) in [7, 11) is 0. The number of carboxylic acids is 1. The van der Waals surface area contributed by atoms with Gasteiger partial charge in [0, 0.05) is 11.8 Å². The predicted octanol–water partition coefficient (Wildman–Crippen LogP) is 6.91. The average Bonchev–Trinajstić information content (AvgIpc) is 2.87. The number of hydrogen-bond donors (Lipinski definition) is 3. The molecule has 0 fully saturated rings. The van der Waals surface area contributed by atoms with E-state index in [4.69, 9.17) is 9.84 Å². The third-order valence-electron chi connectivity index (χ3n) is 7.74. The van der Waals surface area contributed by atoms with Crippen molar-refractivity contribution in [2.24, 2.45) is 0 Å². The molecule has 0 radical (unpaired) electrons. The molecule has 3 aromatic carbocycles. The van der Waals surface area contributed by atoms with Gasteiger partial charge in [-0.3, -0.25) is 4.79 Å². The summed E-state index contributed by atoms with van der Waals surface area (Å²) in [5.74, 6) is -0.225. The van der Waals surface area contributed by atoms with Crippen LogP contribution in [0.2, 0.25) is 0 Å². The fourth-order valence-corrected chi connectivity index (χ4v) is 5.24. The second-order valence-corrected chi connectivity index (χ2v) is 10.8. The number of benzene rings is 3. The molecule has 3 rings (SSSR count). The minimum absolute atomic E-state index is 0.0671. The highest BCUT2D eigenvalue weighted by atomic mass is 16.5. The van der Waals surface area contributed by atoms with E-state index < -0.39 is 17.7 Å². The van der Waals surface area contributed by atoms with Crippen molar-refractivity contribution in [1.82, 2.24) is 0 Å². The van der Waals surface area contributed by atoms with E-state index in [1.807, 2.05) is 25.1 Å². The zero-order chi connectivity index (χ0) is 28.1. The number of aliphatic hydroxyl groups is 2. The van der Waals surface area contributed by atoms with E-state index in [-0.39, 0.29) is 24.9 Å². The van der Waals surface area contributed by atoms with Crippen LogP contribution in [0.1, 0.15) is 81.2 Å². The Morgan fingerprint density at radius 1 is 0.868 bits per heavy atom. The Balaban J connectivity index is 1.87. The first-order chi connectivity index (χ1) is 17.9. The Kier molecular flexibility index (Phi) is 9.40. The Morgan fingerprint density at radius 2 is 1.42 bits per heavy atom. The van der Waals surface area contributed by atoms with E-state index in [2.05, 4.69) is 63.2 Å². The number of hydrogen-bond acceptors (Lipinski definition) is 4. The van der Waals surface area contributed by atoms with Gasteiger partial charge in [-0.15, -0.1) is 0 Å². The van der Waals surface area contributed by atoms with Gasteiger partial charge in [0.2, 0.25) is 0 Å². The third kappa shape index (κ3) is 6.64. The van der Waals surface area contributed by atoms with Crippen LogP contribution in [-0.2, 0) is 15.8 Å². The molecular formula is C33H42O5. The standard InChI is InChI=1S/C33H42O5/c1-7-33(8-2,27-14-17-30(23(4)20-27)38-21-28(34)15-18-31(35)36)26-13-16-29(22(3)19-26)24-9-11-25(12-10-24)32(5,6)37/h9-14,16-17,19-20,28,34,37H,7-8,15,18,21H2,1-6H3,(H,35,36). The quantitative estimate of drug-likeness (QED) is 0.243. The van der Waals surface area contributed by atoms with Crippen molar-refractivity contribution in [3.8, 4) is 16.9 Å². The van der Waals surface area contributed by atoms with E-state index in [1.54, 1.807) is 13.8 Å². The first-order valence-electron chi connectivity index (χ1n) is 13.5. The molecule has 0 aliphatic rings. The van der Waals surface area contributed by atoms with Gasteiger partial charge in [-0.1, -0.05) is 68.4 Å². The van der Waals surface area contributed by atoms with Crippen molar-refractivity contribution < 1.29 is 24.9 Å². The summed E-state index contributed by atoms with van der Waals surface area (Å²) in [6.45, 7) is 12.3. The minimum atomic E-state index is -0.924. The van der Waals surface area contributed by atoms with Crippen molar-refractivity contribution in [1.29, 1.82) is 0 Å².